The molecule has 0 radical (unpaired) electrons. The van der Waals surface area contributed by atoms with Gasteiger partial charge in [-0.3, -0.25) is 39.0 Å². The molecule has 21 N–H and O–H groups in total. The first-order chi connectivity index (χ1) is 33.0. The highest BCUT2D eigenvalue weighted by molar-refractivity contribution is 5.99. The number of amides is 7. The van der Waals surface area contributed by atoms with Gasteiger partial charge in [0, 0.05) is 43.2 Å². The highest BCUT2D eigenvalue weighted by Crippen LogP contribution is 2.22. The summed E-state index contributed by atoms with van der Waals surface area (Å²) in [5.74, 6) is -6.69. The van der Waals surface area contributed by atoms with Crippen LogP contribution >= 0.6 is 0 Å². The quantitative estimate of drug-likeness (QED) is 0.0148. The normalized spacial score (nSPS) is 15.8. The number of nitrogens with one attached hydrogen (secondary N) is 9. The van der Waals surface area contributed by atoms with Crippen LogP contribution in [-0.2, 0) is 44.8 Å². The van der Waals surface area contributed by atoms with Crippen molar-refractivity contribution in [2.75, 3.05) is 45.8 Å². The van der Waals surface area contributed by atoms with Crippen LogP contribution in [0.3, 0.4) is 0 Å². The predicted octanol–water partition coefficient (Wildman–Crippen LogP) is -3.97. The Morgan fingerprint density at radius 3 is 2.12 bits per heavy atom. The maximum Gasteiger partial charge on any atom is 0.352 e. The van der Waals surface area contributed by atoms with Gasteiger partial charge in [0.25, 0.3) is 0 Å². The summed E-state index contributed by atoms with van der Waals surface area (Å²) in [7, 11) is 0. The molecule has 0 unspecified atom stereocenters. The van der Waals surface area contributed by atoms with Crippen molar-refractivity contribution in [3.63, 3.8) is 0 Å². The Kier molecular flexibility index (Phi) is 24.6. The lowest BCUT2D eigenvalue weighted by Gasteiger charge is -2.30. The number of carbonyl (C=O) groups is 8. The lowest BCUT2D eigenvalue weighted by atomic mass is 10.0. The molecule has 1 aromatic carbocycles. The Morgan fingerprint density at radius 2 is 1.45 bits per heavy atom. The summed E-state index contributed by atoms with van der Waals surface area (Å²) in [4.78, 5) is 112. The molecule has 1 saturated heterocycles. The van der Waals surface area contributed by atoms with Gasteiger partial charge in [0.1, 0.15) is 35.9 Å². The molecule has 1 aliphatic heterocycles. The lowest BCUT2D eigenvalue weighted by molar-refractivity contribution is -0.142. The highest BCUT2D eigenvalue weighted by Gasteiger charge is 2.39. The van der Waals surface area contributed by atoms with Crippen molar-refractivity contribution in [3.8, 4) is 0 Å². The first kappa shape index (κ1) is 56.7. The van der Waals surface area contributed by atoms with Gasteiger partial charge in [-0.2, -0.15) is 0 Å². The van der Waals surface area contributed by atoms with Crippen LogP contribution in [0.5, 0.6) is 0 Å². The lowest BCUT2D eigenvalue weighted by Crippen LogP contribution is -2.58. The van der Waals surface area contributed by atoms with E-state index in [-0.39, 0.29) is 90.2 Å². The van der Waals surface area contributed by atoms with E-state index in [2.05, 4.69) is 42.2 Å². The van der Waals surface area contributed by atoms with Crippen molar-refractivity contribution in [3.05, 3.63) is 47.8 Å². The Morgan fingerprint density at radius 1 is 0.797 bits per heavy atom. The monoisotopic (exact) mass is 970 g/mol. The van der Waals surface area contributed by atoms with Gasteiger partial charge in [-0.15, -0.1) is 0 Å². The minimum atomic E-state index is -1.44. The molecule has 2 aromatic rings. The number of hydrogen-bond acceptors (Lipinski definition) is 14. The summed E-state index contributed by atoms with van der Waals surface area (Å²) < 4.78 is 0. The van der Waals surface area contributed by atoms with Crippen LogP contribution in [0.4, 0.5) is 0 Å². The van der Waals surface area contributed by atoms with Gasteiger partial charge in [-0.1, -0.05) is 24.3 Å². The average molecular weight is 970 g/mol. The van der Waals surface area contributed by atoms with Gasteiger partial charge >= 0.3 is 5.97 Å². The molecule has 0 aliphatic carbocycles. The molecule has 0 spiro atoms. The zero-order valence-corrected chi connectivity index (χ0v) is 38.9. The zero-order chi connectivity index (χ0) is 50.9. The standard InChI is InChI=1S/C44H71N15O10/c45-16-4-3-11-31(39(64)57-33(43(68)69)14-7-19-51-44(49)50)56-40(65)34(21-26-24-52-29-10-2-1-9-28(26)29)58-41(66)35-15-8-20-59(35)42(67)32(13-6-18-47)55-37(62)25-53-38(63)30(12-5-17-46)54-36(61)22-27(60)23-48/h1-2,9-10,14,24,27,30-32,34-35,52,60H,3-8,11-13,15-23,25,45-48H2,(H,53,63)(H,54,61)(H,55,62)(H,56,65)(H,57,64)(H,58,66)(H,68,69)(H4,49,50,51)/b33-14-/t27-,30+,31+,32-,34+,35+/m1/s1. The molecule has 3 rings (SSSR count). The number of aliphatic hydroxyl groups excluding tert-OH is 1. The third-order valence-electron chi connectivity index (χ3n) is 11.2. The Bertz CT molecular complexity index is 2100. The van der Waals surface area contributed by atoms with Crippen LogP contribution in [0.25, 0.3) is 10.9 Å². The van der Waals surface area contributed by atoms with Gasteiger partial charge < -0.3 is 86.0 Å². The number of aromatic nitrogens is 1. The number of aliphatic carboxylic acids is 1. The Hall–Kier alpha value is -6.67. The number of nitrogens with zero attached hydrogens (tertiary/aromatic N) is 1. The minimum Gasteiger partial charge on any atom is -0.477 e. The molecule has 25 nitrogen and oxygen atoms in total. The Balaban J connectivity index is 1.83. The van der Waals surface area contributed by atoms with Crippen molar-refractivity contribution >= 4 is 64.2 Å². The number of aromatic amines is 1. The van der Waals surface area contributed by atoms with Crippen LogP contribution in [0, 0.1) is 5.41 Å². The highest BCUT2D eigenvalue weighted by atomic mass is 16.4. The van der Waals surface area contributed by atoms with E-state index in [1.54, 1.807) is 6.20 Å². The molecule has 7 amide bonds. The number of nitrogens with two attached hydrogens (primary N) is 5. The number of H-pyrrole nitrogens is 1. The average Bonchev–Trinajstić information content (AvgIpc) is 3.99. The van der Waals surface area contributed by atoms with Crippen LogP contribution in [-0.4, -0.2) is 156 Å². The molecule has 25 heteroatoms. The number of aliphatic hydroxyl groups is 1. The summed E-state index contributed by atoms with van der Waals surface area (Å²) in [5.41, 5.74) is 28.7. The van der Waals surface area contributed by atoms with E-state index in [4.69, 9.17) is 34.1 Å². The second-order valence-corrected chi connectivity index (χ2v) is 16.6. The summed E-state index contributed by atoms with van der Waals surface area (Å²) in [6.07, 6.45) is 3.96. The van der Waals surface area contributed by atoms with E-state index in [1.807, 2.05) is 24.3 Å². The first-order valence-electron chi connectivity index (χ1n) is 23.2. The van der Waals surface area contributed by atoms with E-state index in [0.29, 0.717) is 37.7 Å². The molecular formula is C44H71N15O10. The number of guanidine groups is 1. The Labute approximate surface area is 400 Å². The number of carbonyl (C=O) groups excluding carboxylic acids is 7. The topological polar surface area (TPSA) is 434 Å². The van der Waals surface area contributed by atoms with Crippen molar-refractivity contribution in [2.45, 2.75) is 113 Å². The molecule has 0 bridgehead atoms. The number of para-hydroxylation sites is 1. The maximum atomic E-state index is 14.3. The summed E-state index contributed by atoms with van der Waals surface area (Å²) >= 11 is 0. The van der Waals surface area contributed by atoms with Crippen LogP contribution in [0.15, 0.2) is 42.2 Å². The van der Waals surface area contributed by atoms with Gasteiger partial charge in [0.15, 0.2) is 5.96 Å². The van der Waals surface area contributed by atoms with E-state index >= 15 is 0 Å². The molecule has 69 heavy (non-hydrogen) atoms. The van der Waals surface area contributed by atoms with E-state index in [9.17, 15) is 48.6 Å². The summed E-state index contributed by atoms with van der Waals surface area (Å²) in [5, 5.41) is 45.7. The fourth-order valence-corrected chi connectivity index (χ4v) is 7.63. The number of unbranched alkanes of at least 4 members (excludes halogenated alkanes) is 1. The third-order valence-corrected chi connectivity index (χ3v) is 11.2. The number of hydrogen-bond donors (Lipinski definition) is 16. The van der Waals surface area contributed by atoms with E-state index in [1.165, 1.54) is 11.0 Å². The third kappa shape index (κ3) is 19.1. The van der Waals surface area contributed by atoms with E-state index < -0.39 is 95.9 Å². The van der Waals surface area contributed by atoms with E-state index in [0.717, 1.165) is 10.9 Å². The van der Waals surface area contributed by atoms with Crippen molar-refractivity contribution in [1.82, 2.24) is 47.1 Å². The maximum absolute atomic E-state index is 14.3. The van der Waals surface area contributed by atoms with Gasteiger partial charge in [0.05, 0.1) is 19.1 Å². The SMILES string of the molecule is N=C(N)NCC/C=C(\NC(=O)[C@H](CCCCN)NC(=O)[C@H](Cc1c[nH]c2ccccc12)NC(=O)[C@@H]1CCCN1C(=O)[C@@H](CCCN)NC(=O)CNC(=O)[C@H](CCCN)NC(=O)C[C@@H](O)CN)C(=O)O. The van der Waals surface area contributed by atoms with Crippen molar-refractivity contribution in [1.29, 1.82) is 5.41 Å². The van der Waals surface area contributed by atoms with Crippen LogP contribution < -0.4 is 65.9 Å². The van der Waals surface area contributed by atoms with Gasteiger partial charge in [0.2, 0.25) is 41.4 Å². The van der Waals surface area contributed by atoms with Crippen LogP contribution in [0.2, 0.25) is 0 Å². The smallest absolute Gasteiger partial charge is 0.352 e. The van der Waals surface area contributed by atoms with Crippen molar-refractivity contribution in [2.24, 2.45) is 28.7 Å². The largest absolute Gasteiger partial charge is 0.477 e. The summed E-state index contributed by atoms with van der Waals surface area (Å²) in [6.45, 7) is 0.197. The fourth-order valence-electron chi connectivity index (χ4n) is 7.63. The van der Waals surface area contributed by atoms with Crippen molar-refractivity contribution < 1.29 is 48.6 Å². The minimum absolute atomic E-state index is 0.0594. The number of likely N-dealkylation sites (tertiary alicyclic amines) is 1. The zero-order valence-electron chi connectivity index (χ0n) is 38.9. The molecule has 0 saturated carbocycles. The second-order valence-electron chi connectivity index (χ2n) is 16.6. The molecule has 1 aromatic heterocycles. The molecular weight excluding hydrogens is 899 g/mol. The number of benzene rings is 1. The number of rotatable bonds is 31. The number of carboxylic acid groups (broad SMARTS) is 1. The molecule has 1 fully saturated rings. The van der Waals surface area contributed by atoms with Crippen LogP contribution in [0.1, 0.15) is 76.2 Å². The predicted molar refractivity (Wildman–Crippen MR) is 255 cm³/mol. The first-order valence-corrected chi connectivity index (χ1v) is 23.2. The number of carboxylic acids is 1. The van der Waals surface area contributed by atoms with Gasteiger partial charge in [-0.25, -0.2) is 4.79 Å². The second kappa shape index (κ2) is 30.0. The van der Waals surface area contributed by atoms with Gasteiger partial charge in [-0.05, 0) is 95.5 Å². The molecule has 2 heterocycles. The number of fused-ring (bicyclic) bond motifs is 1. The fraction of sp³-hybridized carbons (Fsp3) is 0.568. The summed E-state index contributed by atoms with van der Waals surface area (Å²) in [6, 6.07) is 1.41. The molecule has 382 valence electrons. The molecule has 1 aliphatic rings. The molecule has 6 atom stereocenters.